The molecule has 0 amide bonds. The smallest absolute Gasteiger partial charge is 0.342 e. The molecule has 1 aliphatic carbocycles. The monoisotopic (exact) mass is 446 g/mol. The summed E-state index contributed by atoms with van der Waals surface area (Å²) in [5, 5.41) is 11.2. The van der Waals surface area contributed by atoms with E-state index in [-0.39, 0.29) is 23.9 Å². The molecule has 7 atom stereocenters. The number of aliphatic hydroxyl groups is 1. The van der Waals surface area contributed by atoms with Gasteiger partial charge in [-0.25, -0.2) is 9.59 Å². The van der Waals surface area contributed by atoms with Crippen LogP contribution in [-0.4, -0.2) is 41.0 Å². The summed E-state index contributed by atoms with van der Waals surface area (Å²) < 4.78 is 22.9. The summed E-state index contributed by atoms with van der Waals surface area (Å²) >= 11 is 0. The Morgan fingerprint density at radius 1 is 1.31 bits per heavy atom. The molecule has 1 aromatic rings. The normalized spacial score (nSPS) is 39.3. The molecule has 0 aromatic carbocycles. The van der Waals surface area contributed by atoms with Crippen molar-refractivity contribution >= 4 is 11.9 Å². The highest BCUT2D eigenvalue weighted by molar-refractivity contribution is 5.87. The van der Waals surface area contributed by atoms with Crippen LogP contribution in [0.15, 0.2) is 34.7 Å². The first-order valence-corrected chi connectivity index (χ1v) is 11.5. The van der Waals surface area contributed by atoms with Crippen LogP contribution in [0.4, 0.5) is 0 Å². The minimum atomic E-state index is -0.953. The van der Waals surface area contributed by atoms with Crippen LogP contribution in [0.5, 0.6) is 0 Å². The number of ether oxygens (including phenoxy) is 3. The zero-order valence-electron chi connectivity index (χ0n) is 19.5. The van der Waals surface area contributed by atoms with Gasteiger partial charge in [-0.2, -0.15) is 0 Å². The molecule has 0 radical (unpaired) electrons. The van der Waals surface area contributed by atoms with Crippen LogP contribution in [0.3, 0.4) is 0 Å². The van der Waals surface area contributed by atoms with Crippen molar-refractivity contribution < 1.29 is 33.3 Å². The molecule has 1 N–H and O–H groups in total. The third kappa shape index (κ3) is 3.90. The molecule has 2 aliphatic heterocycles. The number of cyclic esters (lactones) is 1. The molecule has 7 nitrogen and oxygen atoms in total. The second-order valence-corrected chi connectivity index (χ2v) is 10.3. The minimum absolute atomic E-state index is 0.0467. The van der Waals surface area contributed by atoms with Crippen molar-refractivity contribution in [2.45, 2.75) is 90.3 Å². The molecule has 1 aromatic heterocycles. The van der Waals surface area contributed by atoms with Gasteiger partial charge in [0.1, 0.15) is 12.2 Å². The second kappa shape index (κ2) is 8.34. The third-order valence-corrected chi connectivity index (χ3v) is 7.77. The average molecular weight is 447 g/mol. The Hall–Kier alpha value is -2.12. The zero-order valence-corrected chi connectivity index (χ0v) is 19.5. The largest absolute Gasteiger partial charge is 0.472 e. The summed E-state index contributed by atoms with van der Waals surface area (Å²) in [6, 6.07) is 1.81. The van der Waals surface area contributed by atoms with E-state index in [4.69, 9.17) is 18.6 Å². The number of hydrogen-bond acceptors (Lipinski definition) is 7. The van der Waals surface area contributed by atoms with Crippen molar-refractivity contribution in [3.63, 3.8) is 0 Å². The predicted octanol–water partition coefficient (Wildman–Crippen LogP) is 4.11. The number of allylic oxidation sites excluding steroid dienone is 1. The van der Waals surface area contributed by atoms with Gasteiger partial charge in [-0.15, -0.1) is 0 Å². The van der Waals surface area contributed by atoms with Crippen molar-refractivity contribution in [3.8, 4) is 0 Å². The van der Waals surface area contributed by atoms with Crippen LogP contribution in [0.1, 0.15) is 72.0 Å². The molecule has 1 spiro atoms. The van der Waals surface area contributed by atoms with Crippen LogP contribution < -0.4 is 0 Å². The lowest BCUT2D eigenvalue weighted by atomic mass is 9.68. The summed E-state index contributed by atoms with van der Waals surface area (Å²) in [5.74, 6) is -0.916. The topological polar surface area (TPSA) is 98.5 Å². The molecule has 4 rings (SSSR count). The van der Waals surface area contributed by atoms with E-state index in [1.807, 2.05) is 26.8 Å². The van der Waals surface area contributed by atoms with Crippen LogP contribution in [0.25, 0.3) is 0 Å². The number of carbonyl (C=O) groups is 2. The van der Waals surface area contributed by atoms with Gasteiger partial charge in [0.15, 0.2) is 5.60 Å². The Bertz CT molecular complexity index is 886. The number of epoxide rings is 1. The number of aliphatic hydroxyl groups excluding tert-OH is 1. The highest BCUT2D eigenvalue weighted by Crippen LogP contribution is 2.57. The second-order valence-electron chi connectivity index (χ2n) is 10.3. The fraction of sp³-hybridized carbons (Fsp3) is 0.680. The van der Waals surface area contributed by atoms with Crippen LogP contribution in [0, 0.1) is 17.3 Å². The van der Waals surface area contributed by atoms with Crippen molar-refractivity contribution in [3.05, 3.63) is 35.8 Å². The Kier molecular flexibility index (Phi) is 6.01. The zero-order chi connectivity index (χ0) is 23.3. The molecule has 1 saturated carbocycles. The molecular formula is C25H34O7. The van der Waals surface area contributed by atoms with E-state index in [9.17, 15) is 14.7 Å². The van der Waals surface area contributed by atoms with E-state index in [0.29, 0.717) is 31.3 Å². The average Bonchev–Trinajstić information content (AvgIpc) is 3.20. The van der Waals surface area contributed by atoms with Gasteiger partial charge in [0.2, 0.25) is 0 Å². The van der Waals surface area contributed by atoms with Crippen molar-refractivity contribution in [2.24, 2.45) is 17.3 Å². The number of rotatable bonds is 3. The first-order valence-electron chi connectivity index (χ1n) is 11.5. The highest BCUT2D eigenvalue weighted by atomic mass is 16.7. The summed E-state index contributed by atoms with van der Waals surface area (Å²) in [7, 11) is 0. The summed E-state index contributed by atoms with van der Waals surface area (Å²) in [4.78, 5) is 25.8. The van der Waals surface area contributed by atoms with Gasteiger partial charge in [-0.1, -0.05) is 26.8 Å². The molecule has 176 valence electrons. The summed E-state index contributed by atoms with van der Waals surface area (Å²) in [6.45, 7) is 9.46. The summed E-state index contributed by atoms with van der Waals surface area (Å²) in [6.07, 6.45) is 5.03. The molecule has 3 heterocycles. The molecular weight excluding hydrogens is 412 g/mol. The van der Waals surface area contributed by atoms with Crippen LogP contribution in [0.2, 0.25) is 0 Å². The predicted molar refractivity (Wildman–Crippen MR) is 115 cm³/mol. The minimum Gasteiger partial charge on any atom is -0.472 e. The first kappa shape index (κ1) is 23.1. The van der Waals surface area contributed by atoms with E-state index in [1.54, 1.807) is 32.4 Å². The van der Waals surface area contributed by atoms with E-state index >= 15 is 0 Å². The number of esters is 2. The number of furan rings is 1. The van der Waals surface area contributed by atoms with Crippen molar-refractivity contribution in [1.82, 2.24) is 0 Å². The Morgan fingerprint density at radius 2 is 2.06 bits per heavy atom. The molecule has 0 bridgehead atoms. The van der Waals surface area contributed by atoms with E-state index < -0.39 is 35.3 Å². The summed E-state index contributed by atoms with van der Waals surface area (Å²) in [5.41, 5.74) is -0.135. The Balaban J connectivity index is 1.64. The van der Waals surface area contributed by atoms with Gasteiger partial charge in [-0.05, 0) is 56.9 Å². The Labute approximate surface area is 189 Å². The van der Waals surface area contributed by atoms with E-state index in [2.05, 4.69) is 0 Å². The van der Waals surface area contributed by atoms with Gasteiger partial charge in [-0.3, -0.25) is 0 Å². The molecule has 3 fully saturated rings. The van der Waals surface area contributed by atoms with Gasteiger partial charge in [0.25, 0.3) is 0 Å². The third-order valence-electron chi connectivity index (χ3n) is 7.77. The molecule has 3 aliphatic rings. The molecule has 0 unspecified atom stereocenters. The quantitative estimate of drug-likeness (QED) is 0.424. The van der Waals surface area contributed by atoms with Crippen LogP contribution >= 0.6 is 0 Å². The lowest BCUT2D eigenvalue weighted by molar-refractivity contribution is -0.173. The molecule has 2 saturated heterocycles. The number of carbonyl (C=O) groups excluding carboxylic acids is 2. The van der Waals surface area contributed by atoms with Gasteiger partial charge < -0.3 is 23.7 Å². The highest BCUT2D eigenvalue weighted by Gasteiger charge is 2.71. The van der Waals surface area contributed by atoms with Gasteiger partial charge in [0, 0.05) is 17.1 Å². The van der Waals surface area contributed by atoms with Crippen LogP contribution in [-0.2, 0) is 23.8 Å². The standard InChI is InChI=1S/C25H34O7/c1-6-14(2)22(27)30-19-11-15(3)17-12-18(16-8-10-29-13-16)31-23(28)25(17)20(32-25)7-9-24(4,5)21(19)26/h6,8,10,13,15,17-21,26H,7,9,11-12H2,1-5H3/t15-,17+,18-,19+,20-,21-,25+/m1/s1. The fourth-order valence-electron chi connectivity index (χ4n) is 5.40. The lowest BCUT2D eigenvalue weighted by Crippen LogP contribution is -2.50. The number of hydrogen-bond donors (Lipinski definition) is 1. The van der Waals surface area contributed by atoms with Crippen molar-refractivity contribution in [1.29, 1.82) is 0 Å². The van der Waals surface area contributed by atoms with E-state index in [1.165, 1.54) is 0 Å². The maximum absolute atomic E-state index is 13.2. The Morgan fingerprint density at radius 3 is 2.72 bits per heavy atom. The van der Waals surface area contributed by atoms with Gasteiger partial charge in [0.05, 0.1) is 24.7 Å². The maximum Gasteiger partial charge on any atom is 0.342 e. The first-order chi connectivity index (χ1) is 15.1. The van der Waals surface area contributed by atoms with Gasteiger partial charge >= 0.3 is 11.9 Å². The lowest BCUT2D eigenvalue weighted by Gasteiger charge is -2.42. The SMILES string of the molecule is CC=C(C)C(=O)O[C@H]1C[C@@H](C)[C@@H]2C[C@H](c3ccoc3)OC(=O)[C@]23O[C@@H]3CCC(C)(C)[C@@H]1O. The molecule has 7 heteroatoms. The van der Waals surface area contributed by atoms with Crippen molar-refractivity contribution in [2.75, 3.05) is 0 Å². The molecule has 32 heavy (non-hydrogen) atoms. The maximum atomic E-state index is 13.2. The van der Waals surface area contributed by atoms with E-state index in [0.717, 1.165) is 5.56 Å². The fourth-order valence-corrected chi connectivity index (χ4v) is 5.40.